The molecule has 0 aliphatic rings. The van der Waals surface area contributed by atoms with Crippen LogP contribution in [0.4, 0.5) is 10.1 Å². The fourth-order valence-corrected chi connectivity index (χ4v) is 3.50. The van der Waals surface area contributed by atoms with Crippen molar-refractivity contribution in [3.8, 4) is 17.4 Å². The lowest BCUT2D eigenvalue weighted by atomic mass is 10.2. The molecule has 0 spiro atoms. The van der Waals surface area contributed by atoms with Gasteiger partial charge in [0.15, 0.2) is 21.3 Å². The maximum Gasteiger partial charge on any atom is 0.261 e. The zero-order valence-electron chi connectivity index (χ0n) is 15.8. The first-order valence-electron chi connectivity index (χ1n) is 8.46. The third-order valence-electron chi connectivity index (χ3n) is 3.91. The van der Waals surface area contributed by atoms with Crippen LogP contribution in [0.15, 0.2) is 64.1 Å². The maximum atomic E-state index is 13.4. The second-order valence-electron chi connectivity index (χ2n) is 6.16. The summed E-state index contributed by atoms with van der Waals surface area (Å²) in [7, 11) is -2.07. The molecule has 3 rings (SSSR count). The summed E-state index contributed by atoms with van der Waals surface area (Å²) in [5, 5.41) is 2.63. The minimum absolute atomic E-state index is 0.0418. The highest BCUT2D eigenvalue weighted by Crippen LogP contribution is 2.33. The Labute approximate surface area is 180 Å². The van der Waals surface area contributed by atoms with Gasteiger partial charge in [0.05, 0.1) is 12.0 Å². The van der Waals surface area contributed by atoms with Gasteiger partial charge in [0.2, 0.25) is 5.88 Å². The van der Waals surface area contributed by atoms with Crippen LogP contribution in [-0.2, 0) is 9.84 Å². The summed E-state index contributed by atoms with van der Waals surface area (Å²) in [6, 6.07) is 11.0. The number of nitrogens with zero attached hydrogens (tertiary/aromatic N) is 1. The van der Waals surface area contributed by atoms with Crippen LogP contribution in [-0.4, -0.2) is 32.7 Å². The molecule has 0 saturated heterocycles. The fraction of sp³-hybridized carbons (Fsp3) is 0.100. The van der Waals surface area contributed by atoms with Crippen molar-refractivity contribution in [1.82, 2.24) is 4.98 Å². The van der Waals surface area contributed by atoms with Gasteiger partial charge in [-0.3, -0.25) is 4.79 Å². The standard InChI is InChI=1S/C20H16BrFN2O5S/c1-28-18-9-13(22)6-7-17(18)29-20-16(8-12(21)11-23-20)19(25)24-14-4-3-5-15(10-14)30(2,26)27/h3-11H,1-2H3,(H,24,25). The molecular formula is C20H16BrFN2O5S. The predicted octanol–water partition coefficient (Wildman–Crippen LogP) is 4.44. The van der Waals surface area contributed by atoms with Gasteiger partial charge >= 0.3 is 0 Å². The highest BCUT2D eigenvalue weighted by Gasteiger charge is 2.18. The normalized spacial score (nSPS) is 11.1. The molecule has 30 heavy (non-hydrogen) atoms. The van der Waals surface area contributed by atoms with Gasteiger partial charge in [-0.2, -0.15) is 0 Å². The van der Waals surface area contributed by atoms with E-state index in [-0.39, 0.29) is 33.5 Å². The van der Waals surface area contributed by atoms with Crippen molar-refractivity contribution in [3.63, 3.8) is 0 Å². The number of pyridine rings is 1. The molecule has 1 aromatic heterocycles. The summed E-state index contributed by atoms with van der Waals surface area (Å²) >= 11 is 3.26. The van der Waals surface area contributed by atoms with E-state index in [1.807, 2.05) is 0 Å². The molecule has 7 nitrogen and oxygen atoms in total. The molecule has 1 heterocycles. The highest BCUT2D eigenvalue weighted by molar-refractivity contribution is 9.10. The molecule has 156 valence electrons. The summed E-state index contributed by atoms with van der Waals surface area (Å²) in [6.07, 6.45) is 2.51. The number of anilines is 1. The third kappa shape index (κ3) is 5.14. The number of hydrogen-bond donors (Lipinski definition) is 1. The molecule has 0 aliphatic heterocycles. The van der Waals surface area contributed by atoms with Crippen LogP contribution in [0.25, 0.3) is 0 Å². The molecule has 3 aromatic rings. The Balaban J connectivity index is 1.93. The molecule has 0 bridgehead atoms. The SMILES string of the molecule is COc1cc(F)ccc1Oc1ncc(Br)cc1C(=O)Nc1cccc(S(C)(=O)=O)c1. The Hall–Kier alpha value is -2.98. The molecule has 0 radical (unpaired) electrons. The number of benzene rings is 2. The van der Waals surface area contributed by atoms with Crippen molar-refractivity contribution in [2.24, 2.45) is 0 Å². The fourth-order valence-electron chi connectivity index (χ4n) is 2.50. The number of aromatic nitrogens is 1. The Morgan fingerprint density at radius 1 is 1.13 bits per heavy atom. The molecular weight excluding hydrogens is 479 g/mol. The van der Waals surface area contributed by atoms with Crippen molar-refractivity contribution in [2.45, 2.75) is 4.90 Å². The number of nitrogens with one attached hydrogen (secondary N) is 1. The molecule has 0 fully saturated rings. The molecule has 0 aliphatic carbocycles. The van der Waals surface area contributed by atoms with Crippen LogP contribution in [0.2, 0.25) is 0 Å². The first kappa shape index (κ1) is 21.7. The monoisotopic (exact) mass is 494 g/mol. The van der Waals surface area contributed by atoms with Crippen molar-refractivity contribution in [1.29, 1.82) is 0 Å². The number of amides is 1. The van der Waals surface area contributed by atoms with Gasteiger partial charge in [0, 0.05) is 28.7 Å². The minimum atomic E-state index is -3.43. The molecule has 2 aromatic carbocycles. The quantitative estimate of drug-likeness (QED) is 0.544. The van der Waals surface area contributed by atoms with Crippen LogP contribution in [0.1, 0.15) is 10.4 Å². The number of rotatable bonds is 6. The van der Waals surface area contributed by atoms with E-state index in [1.165, 1.54) is 49.7 Å². The second-order valence-corrected chi connectivity index (χ2v) is 9.09. The highest BCUT2D eigenvalue weighted by atomic mass is 79.9. The smallest absolute Gasteiger partial charge is 0.261 e. The van der Waals surface area contributed by atoms with Gasteiger partial charge in [-0.25, -0.2) is 17.8 Å². The first-order chi connectivity index (χ1) is 14.2. The zero-order chi connectivity index (χ0) is 21.9. The van der Waals surface area contributed by atoms with Crippen molar-refractivity contribution < 1.29 is 27.1 Å². The Kier molecular flexibility index (Phi) is 6.37. The van der Waals surface area contributed by atoms with Gasteiger partial charge in [0.1, 0.15) is 11.4 Å². The van der Waals surface area contributed by atoms with Gasteiger partial charge < -0.3 is 14.8 Å². The lowest BCUT2D eigenvalue weighted by molar-refractivity contribution is 0.102. The summed E-state index contributed by atoms with van der Waals surface area (Å²) in [5.74, 6) is -0.828. The maximum absolute atomic E-state index is 13.4. The van der Waals surface area contributed by atoms with Crippen LogP contribution in [0.3, 0.4) is 0 Å². The van der Waals surface area contributed by atoms with E-state index in [0.29, 0.717) is 4.47 Å². The molecule has 0 saturated carbocycles. The Bertz CT molecular complexity index is 1220. The zero-order valence-corrected chi connectivity index (χ0v) is 18.3. The van der Waals surface area contributed by atoms with Gasteiger partial charge in [0.25, 0.3) is 5.91 Å². The van der Waals surface area contributed by atoms with Crippen LogP contribution < -0.4 is 14.8 Å². The van der Waals surface area contributed by atoms with Crippen LogP contribution in [0, 0.1) is 5.82 Å². The number of hydrogen-bond acceptors (Lipinski definition) is 6. The summed E-state index contributed by atoms with van der Waals surface area (Å²) in [5.41, 5.74) is 0.355. The minimum Gasteiger partial charge on any atom is -0.493 e. The van der Waals surface area contributed by atoms with Gasteiger partial charge in [-0.15, -0.1) is 0 Å². The average Bonchev–Trinajstić information content (AvgIpc) is 2.70. The lowest BCUT2D eigenvalue weighted by Gasteiger charge is -2.13. The molecule has 10 heteroatoms. The van der Waals surface area contributed by atoms with Gasteiger partial charge in [-0.05, 0) is 52.3 Å². The average molecular weight is 495 g/mol. The van der Waals surface area contributed by atoms with Crippen molar-refractivity contribution >= 4 is 37.4 Å². The molecule has 0 unspecified atom stereocenters. The summed E-state index contributed by atoms with van der Waals surface area (Å²) in [6.45, 7) is 0. The number of methoxy groups -OCH3 is 1. The number of carbonyl (C=O) groups excluding carboxylic acids is 1. The summed E-state index contributed by atoms with van der Waals surface area (Å²) in [4.78, 5) is 17.0. The van der Waals surface area contributed by atoms with E-state index >= 15 is 0 Å². The Morgan fingerprint density at radius 2 is 1.90 bits per heavy atom. The van der Waals surface area contributed by atoms with Crippen LogP contribution >= 0.6 is 15.9 Å². The third-order valence-corrected chi connectivity index (χ3v) is 5.46. The van der Waals surface area contributed by atoms with E-state index in [0.717, 1.165) is 12.3 Å². The largest absolute Gasteiger partial charge is 0.493 e. The van der Waals surface area contributed by atoms with E-state index in [4.69, 9.17) is 9.47 Å². The van der Waals surface area contributed by atoms with Crippen molar-refractivity contribution in [2.75, 3.05) is 18.7 Å². The summed E-state index contributed by atoms with van der Waals surface area (Å²) < 4.78 is 48.2. The number of sulfone groups is 1. The number of carbonyl (C=O) groups is 1. The Morgan fingerprint density at radius 3 is 2.60 bits per heavy atom. The molecule has 1 N–H and O–H groups in total. The van der Waals surface area contributed by atoms with Gasteiger partial charge in [-0.1, -0.05) is 6.07 Å². The van der Waals surface area contributed by atoms with E-state index in [2.05, 4.69) is 26.2 Å². The topological polar surface area (TPSA) is 94.6 Å². The number of ether oxygens (including phenoxy) is 2. The van der Waals surface area contributed by atoms with Crippen molar-refractivity contribution in [3.05, 3.63) is 70.6 Å². The second kappa shape index (κ2) is 8.80. The molecule has 0 atom stereocenters. The lowest BCUT2D eigenvalue weighted by Crippen LogP contribution is -2.14. The molecule has 1 amide bonds. The van der Waals surface area contributed by atoms with E-state index in [9.17, 15) is 17.6 Å². The number of halogens is 2. The van der Waals surface area contributed by atoms with E-state index < -0.39 is 21.6 Å². The van der Waals surface area contributed by atoms with Crippen LogP contribution in [0.5, 0.6) is 17.4 Å². The van der Waals surface area contributed by atoms with E-state index in [1.54, 1.807) is 6.07 Å². The predicted molar refractivity (Wildman–Crippen MR) is 112 cm³/mol. The first-order valence-corrected chi connectivity index (χ1v) is 11.1.